The van der Waals surface area contributed by atoms with Gasteiger partial charge in [0.1, 0.15) is 0 Å². The van der Waals surface area contributed by atoms with Crippen LogP contribution in [0.2, 0.25) is 0 Å². The summed E-state index contributed by atoms with van der Waals surface area (Å²) in [7, 11) is 0. The zero-order valence-electron chi connectivity index (χ0n) is 14.0. The number of ketones is 1. The second kappa shape index (κ2) is 7.33. The summed E-state index contributed by atoms with van der Waals surface area (Å²) in [5, 5.41) is 3.70. The number of hydrogen-bond donors (Lipinski definition) is 0. The van der Waals surface area contributed by atoms with Gasteiger partial charge in [-0.2, -0.15) is 0 Å². The van der Waals surface area contributed by atoms with Gasteiger partial charge < -0.3 is 4.79 Å². The van der Waals surface area contributed by atoms with Crippen molar-refractivity contribution in [3.63, 3.8) is 0 Å². The largest absolute Gasteiger partial charge is 0.318 e. The van der Waals surface area contributed by atoms with E-state index in [2.05, 4.69) is 48.2 Å². The molecule has 0 aliphatic carbocycles. The van der Waals surface area contributed by atoms with Crippen molar-refractivity contribution in [3.8, 4) is 0 Å². The van der Waals surface area contributed by atoms with Gasteiger partial charge in [-0.15, -0.1) is 0 Å². The highest BCUT2D eigenvalue weighted by atomic mass is 79.9. The zero-order chi connectivity index (χ0) is 19.1. The first-order chi connectivity index (χ1) is 12.9. The molecule has 2 nitrogen and oxygen atoms in total. The van der Waals surface area contributed by atoms with Gasteiger partial charge in [0.2, 0.25) is 0 Å². The van der Waals surface area contributed by atoms with E-state index in [9.17, 15) is 9.59 Å². The molecule has 0 aromatic heterocycles. The Bertz CT molecular complexity index is 1250. The lowest BCUT2D eigenvalue weighted by molar-refractivity contribution is 0.102. The monoisotopic (exact) mass is 492 g/mol. The number of benzene rings is 4. The van der Waals surface area contributed by atoms with Crippen molar-refractivity contribution in [1.82, 2.24) is 0 Å². The minimum absolute atomic E-state index is 0.154. The van der Waals surface area contributed by atoms with Crippen LogP contribution in [0.25, 0.3) is 21.5 Å². The molecule has 27 heavy (non-hydrogen) atoms. The van der Waals surface area contributed by atoms with E-state index in [0.29, 0.717) is 16.7 Å². The Balaban J connectivity index is 1.95. The average Bonchev–Trinajstić information content (AvgIpc) is 2.65. The molecule has 0 spiro atoms. The number of fused-ring (bicyclic) bond motifs is 2. The Morgan fingerprint density at radius 2 is 1.30 bits per heavy atom. The molecule has 0 fully saturated rings. The van der Waals surface area contributed by atoms with E-state index in [1.165, 1.54) is 0 Å². The van der Waals surface area contributed by atoms with E-state index in [0.717, 1.165) is 30.5 Å². The van der Waals surface area contributed by atoms with Crippen molar-refractivity contribution < 1.29 is 9.59 Å². The second-order valence-corrected chi connectivity index (χ2v) is 8.61. The fourth-order valence-electron chi connectivity index (χ4n) is 3.25. The molecule has 5 heteroatoms. The Kier molecular flexibility index (Phi) is 5.05. The average molecular weight is 494 g/mol. The summed E-state index contributed by atoms with van der Waals surface area (Å²) in [4.78, 5) is 25.6. The SMILES string of the molecule is O=[C]([Al])c1ccc2cc(Br)ccc2c1C(=O)c1ccc2cc(Br)ccc2c1. The Morgan fingerprint density at radius 3 is 2.04 bits per heavy atom. The highest BCUT2D eigenvalue weighted by Gasteiger charge is 2.19. The van der Waals surface area contributed by atoms with Crippen molar-refractivity contribution in [2.75, 3.05) is 0 Å². The van der Waals surface area contributed by atoms with Crippen molar-refractivity contribution in [2.45, 2.75) is 0 Å². The van der Waals surface area contributed by atoms with Crippen molar-refractivity contribution in [3.05, 3.63) is 92.4 Å². The first kappa shape index (κ1) is 18.6. The molecule has 0 bridgehead atoms. The third kappa shape index (κ3) is 3.53. The van der Waals surface area contributed by atoms with E-state index < -0.39 is 0 Å². The smallest absolute Gasteiger partial charge is 0.250 e. The van der Waals surface area contributed by atoms with Gasteiger partial charge in [-0.25, -0.2) is 0 Å². The summed E-state index contributed by atoms with van der Waals surface area (Å²) in [5.74, 6) is -0.154. The zero-order valence-corrected chi connectivity index (χ0v) is 18.3. The molecule has 0 saturated heterocycles. The Morgan fingerprint density at radius 1 is 0.704 bits per heavy atom. The Labute approximate surface area is 181 Å². The summed E-state index contributed by atoms with van der Waals surface area (Å²) in [6, 6.07) is 20.8. The molecule has 0 heterocycles. The van der Waals surface area contributed by atoms with Crippen LogP contribution in [0.15, 0.2) is 75.7 Å². The minimum atomic E-state index is -0.201. The molecule has 4 aromatic carbocycles. The van der Waals surface area contributed by atoms with E-state index in [4.69, 9.17) is 0 Å². The molecule has 128 valence electrons. The normalized spacial score (nSPS) is 11.0. The van der Waals surface area contributed by atoms with Crippen molar-refractivity contribution >= 4 is 80.1 Å². The van der Waals surface area contributed by atoms with Crippen LogP contribution < -0.4 is 0 Å². The first-order valence-corrected chi connectivity index (χ1v) is 10.4. The summed E-state index contributed by atoms with van der Waals surface area (Å²) in [5.41, 5.74) is 1.42. The number of hydrogen-bond acceptors (Lipinski definition) is 2. The van der Waals surface area contributed by atoms with Gasteiger partial charge in [0, 0.05) is 25.6 Å². The molecule has 0 saturated carbocycles. The molecule has 0 N–H and O–H groups in total. The summed E-state index contributed by atoms with van der Waals surface area (Å²) >= 11 is 9.10. The molecular weight excluding hydrogens is 483 g/mol. The molecule has 0 amide bonds. The van der Waals surface area contributed by atoms with Crippen molar-refractivity contribution in [1.29, 1.82) is 0 Å². The van der Waals surface area contributed by atoms with Crippen LogP contribution in [-0.2, 0) is 0 Å². The first-order valence-electron chi connectivity index (χ1n) is 8.20. The standard InChI is InChI=1S/C22H11Br2O2.Al/c23-18-6-5-13-9-16(3-1-14(13)10-18)22(26)21-17(12-25)4-2-15-11-19(24)7-8-20(15)21;/h1-11H;. The lowest BCUT2D eigenvalue weighted by atomic mass is 9.92. The van der Waals surface area contributed by atoms with Crippen LogP contribution in [0.1, 0.15) is 26.3 Å². The van der Waals surface area contributed by atoms with Crippen LogP contribution in [0, 0.1) is 0 Å². The molecule has 0 aliphatic rings. The van der Waals surface area contributed by atoms with Gasteiger partial charge in [0.15, 0.2) is 5.78 Å². The van der Waals surface area contributed by atoms with Crippen LogP contribution in [0.3, 0.4) is 0 Å². The van der Waals surface area contributed by atoms with Gasteiger partial charge >= 0.3 is 0 Å². The summed E-state index contributed by atoms with van der Waals surface area (Å²) in [6.45, 7) is 0. The number of carbonyl (C=O) groups is 2. The van der Waals surface area contributed by atoms with Gasteiger partial charge in [-0.3, -0.25) is 4.79 Å². The molecule has 0 atom stereocenters. The maximum absolute atomic E-state index is 13.4. The lowest BCUT2D eigenvalue weighted by Crippen LogP contribution is -2.11. The van der Waals surface area contributed by atoms with E-state index >= 15 is 0 Å². The highest BCUT2D eigenvalue weighted by molar-refractivity contribution is 9.10. The minimum Gasteiger partial charge on any atom is -0.318 e. The fourth-order valence-corrected chi connectivity index (χ4v) is 4.25. The van der Waals surface area contributed by atoms with E-state index in [1.807, 2.05) is 60.7 Å². The van der Waals surface area contributed by atoms with E-state index in [-0.39, 0.29) is 10.4 Å². The van der Waals surface area contributed by atoms with Crippen LogP contribution >= 0.6 is 31.9 Å². The van der Waals surface area contributed by atoms with E-state index in [1.54, 1.807) is 6.07 Å². The molecule has 0 unspecified atom stereocenters. The fraction of sp³-hybridized carbons (Fsp3) is 0. The van der Waals surface area contributed by atoms with Crippen LogP contribution in [0.5, 0.6) is 0 Å². The van der Waals surface area contributed by atoms with Crippen molar-refractivity contribution in [2.24, 2.45) is 0 Å². The Hall–Kier alpha value is -1.77. The number of halogens is 2. The second-order valence-electron chi connectivity index (χ2n) is 6.25. The highest BCUT2D eigenvalue weighted by Crippen LogP contribution is 2.29. The van der Waals surface area contributed by atoms with Gasteiger partial charge in [-0.1, -0.05) is 68.3 Å². The summed E-state index contributed by atoms with van der Waals surface area (Å²) < 4.78 is 1.71. The van der Waals surface area contributed by atoms with Gasteiger partial charge in [0.05, 0.1) is 4.65 Å². The quantitative estimate of drug-likeness (QED) is 0.257. The molecule has 4 aromatic rings. The third-order valence-corrected chi connectivity index (χ3v) is 5.84. The predicted octanol–water partition coefficient (Wildman–Crippen LogP) is 6.06. The molecule has 4 rings (SSSR count). The van der Waals surface area contributed by atoms with Gasteiger partial charge in [0.25, 0.3) is 16.3 Å². The summed E-state index contributed by atoms with van der Waals surface area (Å²) in [6.07, 6.45) is 0. The molecule has 0 aliphatic heterocycles. The predicted molar refractivity (Wildman–Crippen MR) is 117 cm³/mol. The number of carbonyl (C=O) groups excluding carboxylic acids is 2. The maximum Gasteiger partial charge on any atom is 0.250 e. The topological polar surface area (TPSA) is 34.1 Å². The lowest BCUT2D eigenvalue weighted by Gasteiger charge is -2.12. The van der Waals surface area contributed by atoms with Crippen LogP contribution in [0.4, 0.5) is 0 Å². The van der Waals surface area contributed by atoms with Crippen LogP contribution in [-0.4, -0.2) is 26.7 Å². The third-order valence-electron chi connectivity index (χ3n) is 4.54. The maximum atomic E-state index is 13.4. The molecular formula is C22H11AlBr2O2. The van der Waals surface area contributed by atoms with Gasteiger partial charge in [-0.05, 0) is 51.9 Å². The number of rotatable bonds is 3. The molecule has 2 radical (unpaired) electrons.